The van der Waals surface area contributed by atoms with E-state index in [9.17, 15) is 4.79 Å². The van der Waals surface area contributed by atoms with Gasteiger partial charge in [0.2, 0.25) is 0 Å². The zero-order chi connectivity index (χ0) is 14.5. The summed E-state index contributed by atoms with van der Waals surface area (Å²) in [4.78, 5) is 14.7. The Kier molecular flexibility index (Phi) is 5.36. The highest BCUT2D eigenvalue weighted by Crippen LogP contribution is 2.23. The molecule has 1 saturated heterocycles. The van der Waals surface area contributed by atoms with Crippen LogP contribution in [0.25, 0.3) is 0 Å². The SMILES string of the molecule is CC(C)C(=O)c1ccccc1CCC1CCN(C)CC1. The van der Waals surface area contributed by atoms with E-state index in [0.29, 0.717) is 0 Å². The molecule has 0 spiro atoms. The highest BCUT2D eigenvalue weighted by molar-refractivity contribution is 5.98. The van der Waals surface area contributed by atoms with E-state index in [-0.39, 0.29) is 11.7 Å². The zero-order valence-corrected chi connectivity index (χ0v) is 13.1. The summed E-state index contributed by atoms with van der Waals surface area (Å²) in [6.07, 6.45) is 4.87. The first-order chi connectivity index (χ1) is 9.58. The van der Waals surface area contributed by atoms with Crippen LogP contribution in [0, 0.1) is 11.8 Å². The predicted molar refractivity (Wildman–Crippen MR) is 84.2 cm³/mol. The Labute approximate surface area is 123 Å². The molecule has 0 unspecified atom stereocenters. The number of likely N-dealkylation sites (tertiary alicyclic amines) is 1. The number of piperidine rings is 1. The van der Waals surface area contributed by atoms with Gasteiger partial charge in [-0.25, -0.2) is 0 Å². The fourth-order valence-corrected chi connectivity index (χ4v) is 3.00. The minimum atomic E-state index is 0.0829. The molecule has 0 N–H and O–H groups in total. The minimum absolute atomic E-state index is 0.0829. The lowest BCUT2D eigenvalue weighted by Gasteiger charge is -2.29. The average Bonchev–Trinajstić information content (AvgIpc) is 2.46. The number of Topliss-reactive ketones (excluding diaryl/α,β-unsaturated/α-hetero) is 1. The minimum Gasteiger partial charge on any atom is -0.306 e. The van der Waals surface area contributed by atoms with Crippen LogP contribution in [0.1, 0.15) is 49.0 Å². The van der Waals surface area contributed by atoms with Gasteiger partial charge in [0.1, 0.15) is 0 Å². The van der Waals surface area contributed by atoms with Crippen LogP contribution in [0.2, 0.25) is 0 Å². The van der Waals surface area contributed by atoms with Gasteiger partial charge in [0.25, 0.3) is 0 Å². The van der Waals surface area contributed by atoms with Gasteiger partial charge < -0.3 is 4.90 Å². The van der Waals surface area contributed by atoms with Gasteiger partial charge in [0.05, 0.1) is 0 Å². The molecular weight excluding hydrogens is 246 g/mol. The highest BCUT2D eigenvalue weighted by Gasteiger charge is 2.18. The van der Waals surface area contributed by atoms with E-state index < -0.39 is 0 Å². The molecule has 0 bridgehead atoms. The van der Waals surface area contributed by atoms with Crippen molar-refractivity contribution in [3.05, 3.63) is 35.4 Å². The number of carbonyl (C=O) groups is 1. The topological polar surface area (TPSA) is 20.3 Å². The van der Waals surface area contributed by atoms with Crippen LogP contribution in [0.4, 0.5) is 0 Å². The van der Waals surface area contributed by atoms with E-state index >= 15 is 0 Å². The molecule has 0 atom stereocenters. The summed E-state index contributed by atoms with van der Waals surface area (Å²) < 4.78 is 0. The largest absolute Gasteiger partial charge is 0.306 e. The van der Waals surface area contributed by atoms with Crippen molar-refractivity contribution in [2.24, 2.45) is 11.8 Å². The molecule has 0 saturated carbocycles. The van der Waals surface area contributed by atoms with E-state index in [1.165, 1.54) is 37.9 Å². The maximum atomic E-state index is 12.3. The van der Waals surface area contributed by atoms with Gasteiger partial charge in [-0.3, -0.25) is 4.79 Å². The number of benzene rings is 1. The Bertz CT molecular complexity index is 444. The number of ketones is 1. The molecule has 1 aliphatic rings. The van der Waals surface area contributed by atoms with Crippen molar-refractivity contribution in [2.75, 3.05) is 20.1 Å². The van der Waals surface area contributed by atoms with Gasteiger partial charge >= 0.3 is 0 Å². The van der Waals surface area contributed by atoms with Crippen molar-refractivity contribution >= 4 is 5.78 Å². The van der Waals surface area contributed by atoms with Crippen LogP contribution < -0.4 is 0 Å². The number of hydrogen-bond acceptors (Lipinski definition) is 2. The summed E-state index contributed by atoms with van der Waals surface area (Å²) in [5.74, 6) is 1.19. The van der Waals surface area contributed by atoms with Crippen molar-refractivity contribution in [3.8, 4) is 0 Å². The third-order valence-electron chi connectivity index (χ3n) is 4.47. The second-order valence-electron chi connectivity index (χ2n) is 6.46. The van der Waals surface area contributed by atoms with Crippen LogP contribution in [0.5, 0.6) is 0 Å². The molecule has 1 fully saturated rings. The standard InChI is InChI=1S/C18H27NO/c1-14(2)18(20)17-7-5-4-6-16(17)9-8-15-10-12-19(3)13-11-15/h4-7,14-15H,8-13H2,1-3H3. The van der Waals surface area contributed by atoms with Crippen LogP contribution in [-0.4, -0.2) is 30.8 Å². The lowest BCUT2D eigenvalue weighted by molar-refractivity contribution is 0.0938. The fraction of sp³-hybridized carbons (Fsp3) is 0.611. The van der Waals surface area contributed by atoms with Crippen molar-refractivity contribution in [2.45, 2.75) is 39.5 Å². The maximum absolute atomic E-state index is 12.3. The Morgan fingerprint density at radius 1 is 1.25 bits per heavy atom. The second kappa shape index (κ2) is 7.03. The summed E-state index contributed by atoms with van der Waals surface area (Å²) in [6.45, 7) is 6.40. The van der Waals surface area contributed by atoms with Crippen LogP contribution in [0.3, 0.4) is 0 Å². The smallest absolute Gasteiger partial charge is 0.165 e. The van der Waals surface area contributed by atoms with Gasteiger partial charge in [-0.2, -0.15) is 0 Å². The summed E-state index contributed by atoms with van der Waals surface area (Å²) in [7, 11) is 2.20. The zero-order valence-electron chi connectivity index (χ0n) is 13.1. The van der Waals surface area contributed by atoms with E-state index in [0.717, 1.165) is 17.9 Å². The molecule has 1 heterocycles. The molecule has 0 radical (unpaired) electrons. The number of nitrogens with zero attached hydrogens (tertiary/aromatic N) is 1. The second-order valence-corrected chi connectivity index (χ2v) is 6.46. The Balaban J connectivity index is 1.97. The average molecular weight is 273 g/mol. The fourth-order valence-electron chi connectivity index (χ4n) is 3.00. The third kappa shape index (κ3) is 3.92. The van der Waals surface area contributed by atoms with Gasteiger partial charge in [-0.05, 0) is 57.3 Å². The lowest BCUT2D eigenvalue weighted by atomic mass is 9.88. The predicted octanol–water partition coefficient (Wildman–Crippen LogP) is 3.80. The first-order valence-electron chi connectivity index (χ1n) is 7.88. The molecular formula is C18H27NO. The van der Waals surface area contributed by atoms with Gasteiger partial charge in [0, 0.05) is 11.5 Å². The van der Waals surface area contributed by atoms with Gasteiger partial charge in [-0.15, -0.1) is 0 Å². The lowest BCUT2D eigenvalue weighted by Crippen LogP contribution is -2.30. The van der Waals surface area contributed by atoms with Crippen molar-refractivity contribution in [1.29, 1.82) is 0 Å². The monoisotopic (exact) mass is 273 g/mol. The van der Waals surface area contributed by atoms with Crippen LogP contribution in [0.15, 0.2) is 24.3 Å². The number of hydrogen-bond donors (Lipinski definition) is 0. The third-order valence-corrected chi connectivity index (χ3v) is 4.47. The van der Waals surface area contributed by atoms with E-state index in [1.54, 1.807) is 0 Å². The molecule has 1 aromatic carbocycles. The Hall–Kier alpha value is -1.15. The van der Waals surface area contributed by atoms with Crippen LogP contribution in [-0.2, 0) is 6.42 Å². The van der Waals surface area contributed by atoms with Gasteiger partial charge in [-0.1, -0.05) is 38.1 Å². The maximum Gasteiger partial charge on any atom is 0.165 e. The molecule has 2 nitrogen and oxygen atoms in total. The highest BCUT2D eigenvalue weighted by atomic mass is 16.1. The quantitative estimate of drug-likeness (QED) is 0.761. The van der Waals surface area contributed by atoms with Crippen molar-refractivity contribution in [3.63, 3.8) is 0 Å². The molecule has 2 rings (SSSR count). The molecule has 0 amide bonds. The van der Waals surface area contributed by atoms with Crippen LogP contribution >= 0.6 is 0 Å². The summed E-state index contributed by atoms with van der Waals surface area (Å²) >= 11 is 0. The number of rotatable bonds is 5. The number of aryl methyl sites for hydroxylation is 1. The normalized spacial score (nSPS) is 17.6. The molecule has 20 heavy (non-hydrogen) atoms. The van der Waals surface area contributed by atoms with Crippen molar-refractivity contribution in [1.82, 2.24) is 4.90 Å². The molecule has 1 aliphatic heterocycles. The first kappa shape index (κ1) is 15.2. The molecule has 1 aromatic rings. The summed E-state index contributed by atoms with van der Waals surface area (Å²) in [5, 5.41) is 0. The molecule has 2 heteroatoms. The van der Waals surface area contributed by atoms with Crippen molar-refractivity contribution < 1.29 is 4.79 Å². The van der Waals surface area contributed by atoms with Gasteiger partial charge in [0.15, 0.2) is 5.78 Å². The molecule has 0 aliphatic carbocycles. The molecule has 0 aromatic heterocycles. The van der Waals surface area contributed by atoms with E-state index in [4.69, 9.17) is 0 Å². The summed E-state index contributed by atoms with van der Waals surface area (Å²) in [5.41, 5.74) is 2.18. The Morgan fingerprint density at radius 2 is 1.90 bits per heavy atom. The van der Waals surface area contributed by atoms with E-state index in [2.05, 4.69) is 24.1 Å². The Morgan fingerprint density at radius 3 is 2.55 bits per heavy atom. The number of carbonyl (C=O) groups excluding carboxylic acids is 1. The summed E-state index contributed by atoms with van der Waals surface area (Å²) in [6, 6.07) is 8.16. The van der Waals surface area contributed by atoms with E-state index in [1.807, 2.05) is 26.0 Å². The molecule has 110 valence electrons. The first-order valence-corrected chi connectivity index (χ1v) is 7.88.